The smallest absolute Gasteiger partial charge is 0.330 e. The van der Waals surface area contributed by atoms with Gasteiger partial charge in [-0.05, 0) is 6.92 Å². The molecule has 0 spiro atoms. The lowest BCUT2D eigenvalue weighted by Crippen LogP contribution is -2.41. The van der Waals surface area contributed by atoms with Gasteiger partial charge in [0.1, 0.15) is 24.5 Å². The highest BCUT2D eigenvalue weighted by Crippen LogP contribution is 2.32. The summed E-state index contributed by atoms with van der Waals surface area (Å²) >= 11 is 0. The maximum atomic E-state index is 11.9. The quantitative estimate of drug-likeness (QED) is 0.531. The van der Waals surface area contributed by atoms with Crippen LogP contribution in [0.15, 0.2) is 15.8 Å². The van der Waals surface area contributed by atoms with Crippen molar-refractivity contribution in [3.05, 3.63) is 32.6 Å². The number of esters is 1. The number of nitrogens with zero attached hydrogens (tertiary/aromatic N) is 1. The summed E-state index contributed by atoms with van der Waals surface area (Å²) in [5, 5.41) is 19.1. The number of nitrogens with one attached hydrogen (secondary N) is 1. The van der Waals surface area contributed by atoms with Crippen LogP contribution < -0.4 is 11.2 Å². The highest BCUT2D eigenvalue weighted by Gasteiger charge is 2.44. The molecule has 1 aliphatic rings. The molecule has 1 aromatic heterocycles. The van der Waals surface area contributed by atoms with Gasteiger partial charge in [0.15, 0.2) is 5.78 Å². The fraction of sp³-hybridized carbons (Fsp3) is 0.571. The summed E-state index contributed by atoms with van der Waals surface area (Å²) < 4.78 is 11.6. The molecule has 132 valence electrons. The Balaban J connectivity index is 2.36. The summed E-state index contributed by atoms with van der Waals surface area (Å²) in [5.41, 5.74) is -1.58. The number of aromatic amines is 1. The van der Waals surface area contributed by atoms with Gasteiger partial charge >= 0.3 is 11.7 Å². The zero-order valence-electron chi connectivity index (χ0n) is 13.1. The molecule has 0 aromatic carbocycles. The maximum Gasteiger partial charge on any atom is 0.330 e. The molecule has 1 aromatic rings. The number of ether oxygens (including phenoxy) is 2. The number of rotatable bonds is 5. The summed E-state index contributed by atoms with van der Waals surface area (Å²) in [5.74, 6) is -1.21. The molecule has 0 amide bonds. The Morgan fingerprint density at radius 2 is 2.12 bits per heavy atom. The van der Waals surface area contributed by atoms with Crippen LogP contribution in [0.3, 0.4) is 0 Å². The molecule has 10 heteroatoms. The number of aromatic nitrogens is 2. The van der Waals surface area contributed by atoms with Crippen LogP contribution in [0.5, 0.6) is 0 Å². The van der Waals surface area contributed by atoms with Crippen molar-refractivity contribution in [1.82, 2.24) is 9.55 Å². The first-order valence-electron chi connectivity index (χ1n) is 7.21. The van der Waals surface area contributed by atoms with Gasteiger partial charge in [0.05, 0.1) is 12.2 Å². The topological polar surface area (TPSA) is 148 Å². The summed E-state index contributed by atoms with van der Waals surface area (Å²) in [6, 6.07) is 0. The Kier molecular flexibility index (Phi) is 5.32. The third-order valence-electron chi connectivity index (χ3n) is 3.68. The summed E-state index contributed by atoms with van der Waals surface area (Å²) in [6.45, 7) is 1.73. The molecule has 10 nitrogen and oxygen atoms in total. The molecule has 1 aliphatic heterocycles. The van der Waals surface area contributed by atoms with Crippen molar-refractivity contribution < 1.29 is 29.3 Å². The van der Waals surface area contributed by atoms with Crippen LogP contribution in [0.25, 0.3) is 0 Å². The minimum atomic E-state index is -1.53. The predicted molar refractivity (Wildman–Crippen MR) is 78.0 cm³/mol. The zero-order valence-corrected chi connectivity index (χ0v) is 13.1. The van der Waals surface area contributed by atoms with Crippen molar-refractivity contribution in [2.45, 2.75) is 51.4 Å². The summed E-state index contributed by atoms with van der Waals surface area (Å²) in [4.78, 5) is 48.1. The maximum absolute atomic E-state index is 11.9. The van der Waals surface area contributed by atoms with Crippen molar-refractivity contribution in [3.63, 3.8) is 0 Å². The minimum absolute atomic E-state index is 0.00853. The Bertz CT molecular complexity index is 752. The monoisotopic (exact) mass is 342 g/mol. The van der Waals surface area contributed by atoms with E-state index in [1.165, 1.54) is 6.92 Å². The Labute approximate surface area is 135 Å². The molecule has 0 bridgehead atoms. The molecule has 0 aliphatic carbocycles. The second-order valence-electron chi connectivity index (χ2n) is 5.47. The Morgan fingerprint density at radius 3 is 2.67 bits per heavy atom. The molecule has 2 heterocycles. The lowest BCUT2D eigenvalue weighted by atomic mass is 10.0. The fourth-order valence-electron chi connectivity index (χ4n) is 2.53. The Hall–Kier alpha value is -2.30. The van der Waals surface area contributed by atoms with E-state index < -0.39 is 54.1 Å². The van der Waals surface area contributed by atoms with E-state index in [0.29, 0.717) is 0 Å². The van der Waals surface area contributed by atoms with Gasteiger partial charge in [-0.3, -0.25) is 23.9 Å². The molecule has 2 rings (SSSR count). The van der Waals surface area contributed by atoms with Crippen molar-refractivity contribution in [1.29, 1.82) is 0 Å². The number of ketones is 1. The van der Waals surface area contributed by atoms with Crippen molar-refractivity contribution in [2.75, 3.05) is 0 Å². The van der Waals surface area contributed by atoms with Gasteiger partial charge in [-0.25, -0.2) is 4.79 Å². The van der Waals surface area contributed by atoms with E-state index in [2.05, 4.69) is 0 Å². The SMILES string of the molecule is CC(=O)O[C@H]1C[C@H](n2cc(CO)c(=O)[nH]c2=O)O[C@@H]1C(O)C(C)=O. The van der Waals surface area contributed by atoms with Crippen LogP contribution in [0.4, 0.5) is 0 Å². The average molecular weight is 342 g/mol. The summed E-state index contributed by atoms with van der Waals surface area (Å²) in [6.07, 6.45) is -3.49. The number of aliphatic hydroxyl groups excluding tert-OH is 2. The Morgan fingerprint density at radius 1 is 1.46 bits per heavy atom. The van der Waals surface area contributed by atoms with E-state index in [0.717, 1.165) is 17.7 Å². The van der Waals surface area contributed by atoms with Gasteiger partial charge in [-0.15, -0.1) is 0 Å². The van der Waals surface area contributed by atoms with Crippen LogP contribution in [0.2, 0.25) is 0 Å². The molecule has 0 saturated carbocycles. The van der Waals surface area contributed by atoms with Gasteiger partial charge in [0.2, 0.25) is 0 Å². The zero-order chi connectivity index (χ0) is 18.0. The molecule has 4 atom stereocenters. The first-order valence-corrected chi connectivity index (χ1v) is 7.21. The van der Waals surface area contributed by atoms with Crippen molar-refractivity contribution >= 4 is 11.8 Å². The van der Waals surface area contributed by atoms with E-state index in [9.17, 15) is 24.3 Å². The van der Waals surface area contributed by atoms with Gasteiger partial charge in [-0.2, -0.15) is 0 Å². The molecule has 1 fully saturated rings. The van der Waals surface area contributed by atoms with E-state index in [-0.39, 0.29) is 12.0 Å². The van der Waals surface area contributed by atoms with Gasteiger partial charge in [-0.1, -0.05) is 0 Å². The largest absolute Gasteiger partial charge is 0.459 e. The number of carbonyl (C=O) groups excluding carboxylic acids is 2. The lowest BCUT2D eigenvalue weighted by molar-refractivity contribution is -0.157. The molecule has 1 unspecified atom stereocenters. The second kappa shape index (κ2) is 7.07. The van der Waals surface area contributed by atoms with E-state index in [1.54, 1.807) is 0 Å². The van der Waals surface area contributed by atoms with Crippen LogP contribution in [0.1, 0.15) is 32.1 Å². The first kappa shape index (κ1) is 18.0. The number of H-pyrrole nitrogens is 1. The third-order valence-corrected chi connectivity index (χ3v) is 3.68. The fourth-order valence-corrected chi connectivity index (χ4v) is 2.53. The number of hydrogen-bond donors (Lipinski definition) is 3. The first-order chi connectivity index (χ1) is 11.2. The van der Waals surface area contributed by atoms with Crippen LogP contribution in [-0.4, -0.2) is 49.8 Å². The molecule has 24 heavy (non-hydrogen) atoms. The molecule has 0 radical (unpaired) electrons. The molecular formula is C14H18N2O8. The lowest BCUT2D eigenvalue weighted by Gasteiger charge is -2.21. The highest BCUT2D eigenvalue weighted by atomic mass is 16.6. The minimum Gasteiger partial charge on any atom is -0.459 e. The van der Waals surface area contributed by atoms with Crippen molar-refractivity contribution in [3.8, 4) is 0 Å². The highest BCUT2D eigenvalue weighted by molar-refractivity contribution is 5.81. The predicted octanol–water partition coefficient (Wildman–Crippen LogP) is -1.80. The standard InChI is InChI=1S/C14H18N2O8/c1-6(18)11(20)12-9(23-7(2)19)3-10(24-12)16-4-8(5-17)13(21)15-14(16)22/h4,9-12,17,20H,3,5H2,1-2H3,(H,15,21,22)/t9-,10+,11?,12-/m0/s1. The number of aliphatic hydroxyl groups is 2. The molecular weight excluding hydrogens is 324 g/mol. The van der Waals surface area contributed by atoms with Gasteiger partial charge < -0.3 is 19.7 Å². The van der Waals surface area contributed by atoms with Crippen molar-refractivity contribution in [2.24, 2.45) is 0 Å². The third kappa shape index (κ3) is 3.61. The van der Waals surface area contributed by atoms with E-state index in [1.807, 2.05) is 4.98 Å². The molecule has 3 N–H and O–H groups in total. The number of carbonyl (C=O) groups is 2. The van der Waals surface area contributed by atoms with Gasteiger partial charge in [0, 0.05) is 19.5 Å². The summed E-state index contributed by atoms with van der Waals surface area (Å²) in [7, 11) is 0. The second-order valence-corrected chi connectivity index (χ2v) is 5.47. The van der Waals surface area contributed by atoms with E-state index in [4.69, 9.17) is 14.6 Å². The van der Waals surface area contributed by atoms with Crippen LogP contribution in [0, 0.1) is 0 Å². The molecule has 1 saturated heterocycles. The number of Topliss-reactive ketones (excluding diaryl/α,β-unsaturated/α-hetero) is 1. The normalized spacial score (nSPS) is 24.6. The average Bonchev–Trinajstić information content (AvgIpc) is 2.89. The van der Waals surface area contributed by atoms with Gasteiger partial charge in [0.25, 0.3) is 5.56 Å². The number of hydrogen-bond acceptors (Lipinski definition) is 8. The van der Waals surface area contributed by atoms with E-state index >= 15 is 0 Å². The van der Waals surface area contributed by atoms with Crippen LogP contribution in [-0.2, 0) is 25.7 Å². The van der Waals surface area contributed by atoms with Crippen LogP contribution >= 0.6 is 0 Å².